The molecular formula is C28H32Cl2F4N4O6S. The molecule has 0 bridgehead atoms. The summed E-state index contributed by atoms with van der Waals surface area (Å²) in [5.74, 6) is -2.68. The first kappa shape index (κ1) is 36.4. The lowest BCUT2D eigenvalue weighted by molar-refractivity contribution is -0.0515. The quantitative estimate of drug-likeness (QED) is 0.189. The average Bonchev–Trinajstić information content (AvgIpc) is 3.88. The molecule has 1 aromatic heterocycles. The lowest BCUT2D eigenvalue weighted by Crippen LogP contribution is -2.39. The Kier molecular flexibility index (Phi) is 12.1. The number of hydrogen-bond acceptors (Lipinski definition) is 8. The molecule has 1 amide bonds. The lowest BCUT2D eigenvalue weighted by Gasteiger charge is -2.20. The summed E-state index contributed by atoms with van der Waals surface area (Å²) in [5.41, 5.74) is 5.89. The molecule has 0 saturated heterocycles. The number of halogens is 6. The molecule has 4 N–H and O–H groups in total. The van der Waals surface area contributed by atoms with E-state index in [1.807, 2.05) is 0 Å². The van der Waals surface area contributed by atoms with E-state index in [1.54, 1.807) is 0 Å². The highest BCUT2D eigenvalue weighted by Gasteiger charge is 2.36. The second kappa shape index (κ2) is 15.0. The molecule has 3 aromatic rings. The van der Waals surface area contributed by atoms with Gasteiger partial charge in [-0.15, -0.1) is 24.8 Å². The van der Waals surface area contributed by atoms with Crippen molar-refractivity contribution in [2.75, 3.05) is 13.2 Å². The van der Waals surface area contributed by atoms with Crippen LogP contribution in [-0.2, 0) is 10.0 Å². The molecule has 2 saturated carbocycles. The molecule has 17 heteroatoms. The van der Waals surface area contributed by atoms with E-state index in [0.29, 0.717) is 31.4 Å². The summed E-state index contributed by atoms with van der Waals surface area (Å²) in [5, 5.41) is 1.98. The van der Waals surface area contributed by atoms with Crippen LogP contribution in [0.5, 0.6) is 11.5 Å². The van der Waals surface area contributed by atoms with Gasteiger partial charge in [0, 0.05) is 23.7 Å². The van der Waals surface area contributed by atoms with E-state index in [0.717, 1.165) is 25.0 Å². The van der Waals surface area contributed by atoms with E-state index in [2.05, 4.69) is 19.8 Å². The van der Waals surface area contributed by atoms with Crippen LogP contribution in [0.2, 0.25) is 0 Å². The number of oxazole rings is 1. The summed E-state index contributed by atoms with van der Waals surface area (Å²) in [6, 6.07) is 4.66. The van der Waals surface area contributed by atoms with Crippen LogP contribution in [-0.4, -0.2) is 44.3 Å². The minimum Gasteiger partial charge on any atom is -0.489 e. The van der Waals surface area contributed by atoms with Gasteiger partial charge < -0.3 is 24.9 Å². The third kappa shape index (κ3) is 9.22. The molecule has 45 heavy (non-hydrogen) atoms. The number of sulfonamides is 1. The van der Waals surface area contributed by atoms with Crippen molar-refractivity contribution < 1.29 is 44.7 Å². The zero-order chi connectivity index (χ0) is 30.9. The van der Waals surface area contributed by atoms with Crippen LogP contribution in [0, 0.1) is 17.6 Å². The predicted molar refractivity (Wildman–Crippen MR) is 160 cm³/mol. The fraction of sp³-hybridized carbons (Fsp3) is 0.429. The summed E-state index contributed by atoms with van der Waals surface area (Å²) >= 11 is 0. The van der Waals surface area contributed by atoms with Crippen molar-refractivity contribution in [2.24, 2.45) is 11.7 Å². The number of benzene rings is 2. The second-order valence-electron chi connectivity index (χ2n) is 10.6. The molecule has 5 rings (SSSR count). The first-order valence-corrected chi connectivity index (χ1v) is 15.2. The number of nitrogens with two attached hydrogens (primary N) is 1. The standard InChI is InChI=1S/C28H30F4N4O6S.2ClH/c1-14(33)25-24(36-27(42-25)16-4-9-22(41-28(31)32)23(10-16)40-13-15-2-3-15)26(37)35-21(12-34-43(38,39)18-6-7-18)19-8-5-17(29)11-20(19)30;;/h4-5,8-11,14-15,18,21,28,34H,2-3,6-7,12-13,33H2,1H3,(H,35,37);2*1H/t14-,21+;;/m0../s1. The topological polar surface area (TPSA) is 146 Å². The molecule has 2 fully saturated rings. The maximum Gasteiger partial charge on any atom is 0.387 e. The van der Waals surface area contributed by atoms with Crippen LogP contribution in [0.3, 0.4) is 0 Å². The van der Waals surface area contributed by atoms with Gasteiger partial charge in [0.2, 0.25) is 15.9 Å². The normalized spacial score (nSPS) is 15.9. The Balaban J connectivity index is 0.00000276. The number of nitrogens with zero attached hydrogens (tertiary/aromatic N) is 1. The van der Waals surface area contributed by atoms with Crippen LogP contribution in [0.1, 0.15) is 66.5 Å². The maximum absolute atomic E-state index is 14.8. The van der Waals surface area contributed by atoms with Crippen molar-refractivity contribution in [3.8, 4) is 23.0 Å². The molecule has 1 heterocycles. The Morgan fingerprint density at radius 2 is 1.80 bits per heavy atom. The first-order valence-electron chi connectivity index (χ1n) is 13.6. The van der Waals surface area contributed by atoms with Crippen molar-refractivity contribution in [3.63, 3.8) is 0 Å². The number of amides is 1. The molecule has 248 valence electrons. The van der Waals surface area contributed by atoms with Gasteiger partial charge in [-0.05, 0) is 62.8 Å². The minimum atomic E-state index is -3.71. The molecule has 2 aliphatic rings. The van der Waals surface area contributed by atoms with Crippen molar-refractivity contribution in [3.05, 3.63) is 65.1 Å². The van der Waals surface area contributed by atoms with E-state index in [9.17, 15) is 30.8 Å². The van der Waals surface area contributed by atoms with E-state index < -0.39 is 58.1 Å². The average molecular weight is 700 g/mol. The molecule has 2 aliphatic carbocycles. The van der Waals surface area contributed by atoms with Crippen LogP contribution in [0.25, 0.3) is 11.5 Å². The maximum atomic E-state index is 14.8. The molecule has 10 nitrogen and oxygen atoms in total. The summed E-state index contributed by atoms with van der Waals surface area (Å²) in [6.07, 6.45) is 2.90. The highest BCUT2D eigenvalue weighted by molar-refractivity contribution is 7.90. The number of aromatic nitrogens is 1. The SMILES string of the molecule is C[C@H](N)c1oc(-c2ccc(OC(F)F)c(OCC3CC3)c2)nc1C(=O)N[C@H](CNS(=O)(=O)C1CC1)c1ccc(F)cc1F.Cl.Cl. The highest BCUT2D eigenvalue weighted by atomic mass is 35.5. The predicted octanol–water partition coefficient (Wildman–Crippen LogP) is 5.43. The number of hydrogen-bond donors (Lipinski definition) is 3. The zero-order valence-corrected chi connectivity index (χ0v) is 26.3. The van der Waals surface area contributed by atoms with Gasteiger partial charge in [-0.3, -0.25) is 4.79 Å². The van der Waals surface area contributed by atoms with Gasteiger partial charge >= 0.3 is 6.61 Å². The Morgan fingerprint density at radius 1 is 1.09 bits per heavy atom. The summed E-state index contributed by atoms with van der Waals surface area (Å²) < 4.78 is 97.6. The monoisotopic (exact) mass is 698 g/mol. The number of rotatable bonds is 14. The van der Waals surface area contributed by atoms with Gasteiger partial charge in [0.05, 0.1) is 23.9 Å². The zero-order valence-electron chi connectivity index (χ0n) is 23.8. The van der Waals surface area contributed by atoms with E-state index >= 15 is 0 Å². The fourth-order valence-corrected chi connectivity index (χ4v) is 5.70. The largest absolute Gasteiger partial charge is 0.489 e. The molecule has 2 aromatic carbocycles. The Hall–Kier alpha value is -3.11. The van der Waals surface area contributed by atoms with E-state index in [1.165, 1.54) is 25.1 Å². The van der Waals surface area contributed by atoms with Gasteiger partial charge in [0.15, 0.2) is 23.0 Å². The summed E-state index contributed by atoms with van der Waals surface area (Å²) in [7, 11) is -3.71. The number of ether oxygens (including phenoxy) is 2. The molecule has 0 aliphatic heterocycles. The van der Waals surface area contributed by atoms with E-state index in [4.69, 9.17) is 14.9 Å². The first-order chi connectivity index (χ1) is 20.4. The van der Waals surface area contributed by atoms with Gasteiger partial charge in [-0.2, -0.15) is 8.78 Å². The number of nitrogens with one attached hydrogen (secondary N) is 2. The van der Waals surface area contributed by atoms with E-state index in [-0.39, 0.29) is 64.8 Å². The van der Waals surface area contributed by atoms with Crippen molar-refractivity contribution in [2.45, 2.75) is 56.6 Å². The summed E-state index contributed by atoms with van der Waals surface area (Å²) in [4.78, 5) is 17.8. The van der Waals surface area contributed by atoms with Crippen LogP contribution < -0.4 is 25.2 Å². The Bertz CT molecular complexity index is 1600. The Labute approximate surface area is 269 Å². The van der Waals surface area contributed by atoms with Gasteiger partial charge in [-0.25, -0.2) is 26.9 Å². The van der Waals surface area contributed by atoms with Crippen molar-refractivity contribution in [1.29, 1.82) is 0 Å². The molecular weight excluding hydrogens is 667 g/mol. The molecule has 0 unspecified atom stereocenters. The van der Waals surface area contributed by atoms with Crippen molar-refractivity contribution in [1.82, 2.24) is 15.0 Å². The molecule has 2 atom stereocenters. The number of alkyl halides is 2. The highest BCUT2D eigenvalue weighted by Crippen LogP contribution is 2.37. The van der Waals surface area contributed by atoms with Crippen molar-refractivity contribution >= 4 is 40.7 Å². The molecule has 0 spiro atoms. The summed E-state index contributed by atoms with van der Waals surface area (Å²) in [6.45, 7) is -1.66. The van der Waals surface area contributed by atoms with Gasteiger partial charge in [0.1, 0.15) is 11.6 Å². The third-order valence-corrected chi connectivity index (χ3v) is 8.87. The second-order valence-corrected chi connectivity index (χ2v) is 12.6. The Morgan fingerprint density at radius 3 is 2.40 bits per heavy atom. The van der Waals surface area contributed by atoms with Crippen LogP contribution >= 0.6 is 24.8 Å². The lowest BCUT2D eigenvalue weighted by atomic mass is 10.1. The smallest absolute Gasteiger partial charge is 0.387 e. The fourth-order valence-electron chi connectivity index (χ4n) is 4.31. The van der Waals surface area contributed by atoms with Crippen LogP contribution in [0.15, 0.2) is 40.8 Å². The van der Waals surface area contributed by atoms with Gasteiger partial charge in [-0.1, -0.05) is 6.07 Å². The molecule has 0 radical (unpaired) electrons. The third-order valence-electron chi connectivity index (χ3n) is 6.96. The number of carbonyl (C=O) groups is 1. The van der Waals surface area contributed by atoms with Crippen LogP contribution in [0.4, 0.5) is 17.6 Å². The minimum absolute atomic E-state index is 0. The van der Waals surface area contributed by atoms with Gasteiger partial charge in [0.25, 0.3) is 5.91 Å². The number of carbonyl (C=O) groups excluding carboxylic acids is 1.